The smallest absolute Gasteiger partial charge is 0.255 e. The number of aromatic nitrogens is 1. The van der Waals surface area contributed by atoms with Gasteiger partial charge in [0.05, 0.1) is 0 Å². The summed E-state index contributed by atoms with van der Waals surface area (Å²) in [5, 5.41) is 6.61. The standard InChI is InChI=1S/C22H20Cl2N4O2/c23-17-9-14(10-18(24)11-17)13-27-21(29)12-20(25)15-1-3-16(4-2-15)22(30)28-19-5-7-26-8-6-19/h1-11,20H,12-13,25H2,(H,27,29)(H,26,28,30). The van der Waals surface area contributed by atoms with E-state index in [2.05, 4.69) is 15.6 Å². The monoisotopic (exact) mass is 442 g/mol. The number of rotatable bonds is 7. The number of carbonyl (C=O) groups excluding carboxylic acids is 2. The van der Waals surface area contributed by atoms with Crippen molar-refractivity contribution in [1.82, 2.24) is 10.3 Å². The lowest BCUT2D eigenvalue weighted by atomic mass is 10.0. The maximum atomic E-state index is 12.3. The summed E-state index contributed by atoms with van der Waals surface area (Å²) in [5.41, 5.74) is 8.87. The second-order valence-electron chi connectivity index (χ2n) is 6.68. The molecular formula is C22H20Cl2N4O2. The summed E-state index contributed by atoms with van der Waals surface area (Å²) in [5.74, 6) is -0.433. The Morgan fingerprint density at radius 2 is 1.60 bits per heavy atom. The molecular weight excluding hydrogens is 423 g/mol. The summed E-state index contributed by atoms with van der Waals surface area (Å²) in [6, 6.07) is 14.9. The molecule has 0 saturated heterocycles. The Balaban J connectivity index is 1.53. The molecule has 6 nitrogen and oxygen atoms in total. The highest BCUT2D eigenvalue weighted by Gasteiger charge is 2.13. The van der Waals surface area contributed by atoms with E-state index in [1.54, 1.807) is 67.0 Å². The zero-order valence-electron chi connectivity index (χ0n) is 15.9. The largest absolute Gasteiger partial charge is 0.352 e. The van der Waals surface area contributed by atoms with E-state index in [4.69, 9.17) is 28.9 Å². The predicted octanol–water partition coefficient (Wildman–Crippen LogP) is 4.35. The van der Waals surface area contributed by atoms with Gasteiger partial charge in [-0.25, -0.2) is 0 Å². The Hall–Kier alpha value is -2.93. The second-order valence-corrected chi connectivity index (χ2v) is 7.55. The maximum absolute atomic E-state index is 12.3. The van der Waals surface area contributed by atoms with Gasteiger partial charge in [-0.3, -0.25) is 14.6 Å². The van der Waals surface area contributed by atoms with Crippen LogP contribution < -0.4 is 16.4 Å². The summed E-state index contributed by atoms with van der Waals surface area (Å²) < 4.78 is 0. The quantitative estimate of drug-likeness (QED) is 0.506. The van der Waals surface area contributed by atoms with Gasteiger partial charge in [0.15, 0.2) is 0 Å². The molecule has 0 saturated carbocycles. The number of nitrogens with zero attached hydrogens (tertiary/aromatic N) is 1. The molecule has 1 atom stereocenters. The first-order valence-corrected chi connectivity index (χ1v) is 9.95. The van der Waals surface area contributed by atoms with Gasteiger partial charge >= 0.3 is 0 Å². The SMILES string of the molecule is NC(CC(=O)NCc1cc(Cl)cc(Cl)c1)c1ccc(C(=O)Nc2ccncc2)cc1. The minimum atomic E-state index is -0.495. The van der Waals surface area contributed by atoms with Crippen LogP contribution in [0, 0.1) is 0 Å². The van der Waals surface area contributed by atoms with Crippen molar-refractivity contribution in [2.45, 2.75) is 19.0 Å². The fourth-order valence-electron chi connectivity index (χ4n) is 2.82. The fourth-order valence-corrected chi connectivity index (χ4v) is 3.39. The predicted molar refractivity (Wildman–Crippen MR) is 118 cm³/mol. The molecule has 2 aromatic carbocycles. The molecule has 4 N–H and O–H groups in total. The Bertz CT molecular complexity index is 1010. The van der Waals surface area contributed by atoms with Crippen LogP contribution in [0.4, 0.5) is 5.69 Å². The van der Waals surface area contributed by atoms with Crippen molar-refractivity contribution in [2.75, 3.05) is 5.32 Å². The van der Waals surface area contributed by atoms with Gasteiger partial charge in [-0.05, 0) is 53.6 Å². The maximum Gasteiger partial charge on any atom is 0.255 e. The molecule has 0 spiro atoms. The third kappa shape index (κ3) is 6.29. The third-order valence-corrected chi connectivity index (χ3v) is 4.79. The topological polar surface area (TPSA) is 97.1 Å². The van der Waals surface area contributed by atoms with Crippen LogP contribution in [-0.2, 0) is 11.3 Å². The summed E-state index contributed by atoms with van der Waals surface area (Å²) in [6.45, 7) is 0.306. The normalized spacial score (nSPS) is 11.6. The van der Waals surface area contributed by atoms with Gasteiger partial charge in [0.1, 0.15) is 0 Å². The van der Waals surface area contributed by atoms with Crippen LogP contribution in [-0.4, -0.2) is 16.8 Å². The molecule has 0 aliphatic carbocycles. The van der Waals surface area contributed by atoms with Crippen molar-refractivity contribution in [3.63, 3.8) is 0 Å². The van der Waals surface area contributed by atoms with Crippen LogP contribution in [0.3, 0.4) is 0 Å². The molecule has 1 aromatic heterocycles. The summed E-state index contributed by atoms with van der Waals surface area (Å²) in [4.78, 5) is 28.4. The van der Waals surface area contributed by atoms with E-state index in [1.165, 1.54) is 0 Å². The first kappa shape index (κ1) is 21.8. The van der Waals surface area contributed by atoms with Crippen LogP contribution in [0.5, 0.6) is 0 Å². The average molecular weight is 443 g/mol. The van der Waals surface area contributed by atoms with Crippen LogP contribution in [0.25, 0.3) is 0 Å². The summed E-state index contributed by atoms with van der Waals surface area (Å²) in [6.07, 6.45) is 3.31. The summed E-state index contributed by atoms with van der Waals surface area (Å²) in [7, 11) is 0. The van der Waals surface area contributed by atoms with Crippen molar-refractivity contribution in [3.05, 3.63) is 93.7 Å². The average Bonchev–Trinajstić information content (AvgIpc) is 2.72. The minimum Gasteiger partial charge on any atom is -0.352 e. The highest BCUT2D eigenvalue weighted by molar-refractivity contribution is 6.34. The first-order valence-electron chi connectivity index (χ1n) is 9.19. The molecule has 154 valence electrons. The number of hydrogen-bond donors (Lipinski definition) is 3. The van der Waals surface area contributed by atoms with E-state index in [9.17, 15) is 9.59 Å². The van der Waals surface area contributed by atoms with Gasteiger partial charge < -0.3 is 16.4 Å². The number of amides is 2. The molecule has 0 bridgehead atoms. The molecule has 3 rings (SSSR count). The van der Waals surface area contributed by atoms with E-state index in [1.807, 2.05) is 0 Å². The lowest BCUT2D eigenvalue weighted by molar-refractivity contribution is -0.121. The first-order chi connectivity index (χ1) is 14.4. The van der Waals surface area contributed by atoms with E-state index in [-0.39, 0.29) is 18.2 Å². The van der Waals surface area contributed by atoms with E-state index in [0.29, 0.717) is 27.8 Å². The van der Waals surface area contributed by atoms with Crippen molar-refractivity contribution in [3.8, 4) is 0 Å². The van der Waals surface area contributed by atoms with Gasteiger partial charge in [-0.2, -0.15) is 0 Å². The van der Waals surface area contributed by atoms with Gasteiger partial charge in [0.25, 0.3) is 5.91 Å². The van der Waals surface area contributed by atoms with Gasteiger partial charge in [-0.15, -0.1) is 0 Å². The lowest BCUT2D eigenvalue weighted by Gasteiger charge is -2.13. The minimum absolute atomic E-state index is 0.108. The molecule has 1 heterocycles. The number of hydrogen-bond acceptors (Lipinski definition) is 4. The third-order valence-electron chi connectivity index (χ3n) is 4.36. The van der Waals surface area contributed by atoms with Crippen LogP contribution in [0.2, 0.25) is 10.0 Å². The number of nitrogens with two attached hydrogens (primary N) is 1. The second kappa shape index (κ2) is 10.2. The van der Waals surface area contributed by atoms with Crippen molar-refractivity contribution < 1.29 is 9.59 Å². The van der Waals surface area contributed by atoms with Crippen molar-refractivity contribution in [1.29, 1.82) is 0 Å². The highest BCUT2D eigenvalue weighted by Crippen LogP contribution is 2.19. The number of anilines is 1. The van der Waals surface area contributed by atoms with E-state index < -0.39 is 6.04 Å². The Morgan fingerprint density at radius 3 is 2.23 bits per heavy atom. The van der Waals surface area contributed by atoms with Gasteiger partial charge in [0.2, 0.25) is 5.91 Å². The molecule has 0 aliphatic heterocycles. The molecule has 30 heavy (non-hydrogen) atoms. The number of benzene rings is 2. The number of carbonyl (C=O) groups is 2. The number of halogens is 2. The van der Waals surface area contributed by atoms with Crippen LogP contribution >= 0.6 is 23.2 Å². The number of pyridine rings is 1. The fraction of sp³-hybridized carbons (Fsp3) is 0.136. The summed E-state index contributed by atoms with van der Waals surface area (Å²) >= 11 is 11.9. The molecule has 3 aromatic rings. The molecule has 1 unspecified atom stereocenters. The van der Waals surface area contributed by atoms with Crippen molar-refractivity contribution in [2.24, 2.45) is 5.73 Å². The molecule has 8 heteroatoms. The highest BCUT2D eigenvalue weighted by atomic mass is 35.5. The Kier molecular flexibility index (Phi) is 7.41. The molecule has 0 fully saturated rings. The van der Waals surface area contributed by atoms with Gasteiger partial charge in [0, 0.05) is 52.7 Å². The molecule has 0 aliphatic rings. The van der Waals surface area contributed by atoms with E-state index >= 15 is 0 Å². The lowest BCUT2D eigenvalue weighted by Crippen LogP contribution is -2.27. The zero-order chi connectivity index (χ0) is 21.5. The molecule has 2 amide bonds. The van der Waals surface area contributed by atoms with Crippen LogP contribution in [0.15, 0.2) is 67.0 Å². The Morgan fingerprint density at radius 1 is 0.967 bits per heavy atom. The number of nitrogens with one attached hydrogen (secondary N) is 2. The zero-order valence-corrected chi connectivity index (χ0v) is 17.5. The Labute approximate surface area is 184 Å². The molecule has 0 radical (unpaired) electrons. The van der Waals surface area contributed by atoms with Gasteiger partial charge in [-0.1, -0.05) is 35.3 Å². The van der Waals surface area contributed by atoms with Crippen molar-refractivity contribution >= 4 is 40.7 Å². The van der Waals surface area contributed by atoms with Crippen LogP contribution in [0.1, 0.15) is 33.9 Å². The van der Waals surface area contributed by atoms with E-state index in [0.717, 1.165) is 11.1 Å².